The van der Waals surface area contributed by atoms with Crippen molar-refractivity contribution >= 4 is 53.1 Å². The summed E-state index contributed by atoms with van der Waals surface area (Å²) in [7, 11) is -1.87. The maximum atomic E-state index is 13.8. The van der Waals surface area contributed by atoms with E-state index in [9.17, 15) is 22.5 Å². The molecule has 4 rings (SSSR count). The van der Waals surface area contributed by atoms with Crippen LogP contribution in [0.15, 0.2) is 91.0 Å². The highest BCUT2D eigenvalue weighted by Gasteiger charge is 2.38. The Morgan fingerprint density at radius 1 is 0.947 bits per heavy atom. The first-order chi connectivity index (χ1) is 18.0. The highest BCUT2D eigenvalue weighted by molar-refractivity contribution is 9.10. The Kier molecular flexibility index (Phi) is 9.08. The number of aliphatic hydroxyl groups is 1. The maximum absolute atomic E-state index is 13.8. The van der Waals surface area contributed by atoms with Crippen LogP contribution in [-0.2, 0) is 9.92 Å². The van der Waals surface area contributed by atoms with Crippen molar-refractivity contribution in [2.75, 3.05) is 11.9 Å². The number of anilines is 2. The third-order valence-corrected chi connectivity index (χ3v) is 9.41. The van der Waals surface area contributed by atoms with Crippen molar-refractivity contribution < 1.29 is 27.2 Å². The van der Waals surface area contributed by atoms with E-state index < -0.39 is 34.2 Å². The number of aliphatic hydroxyl groups excluding tert-OH is 1. The zero-order valence-electron chi connectivity index (χ0n) is 20.2. The molecule has 3 aromatic carbocycles. The Morgan fingerprint density at radius 3 is 1.95 bits per heavy atom. The highest BCUT2D eigenvalue weighted by atomic mass is 79.9. The lowest BCUT2D eigenvalue weighted by atomic mass is 9.87. The van der Waals surface area contributed by atoms with Gasteiger partial charge in [-0.2, -0.15) is 0 Å². The van der Waals surface area contributed by atoms with Gasteiger partial charge in [-0.15, -0.1) is 13.2 Å². The number of rotatable bonds is 7. The van der Waals surface area contributed by atoms with Crippen LogP contribution < -0.4 is 14.4 Å². The molecule has 2 N–H and O–H groups in total. The predicted molar refractivity (Wildman–Crippen MR) is 149 cm³/mol. The number of hydrogen-bond donors (Lipinski definition) is 2. The molecule has 1 fully saturated rings. The minimum atomic E-state index is -4.83. The molecule has 0 saturated heterocycles. The molecule has 1 aliphatic rings. The molecule has 0 radical (unpaired) electrons. The van der Waals surface area contributed by atoms with Crippen LogP contribution in [0.25, 0.3) is 0 Å². The minimum absolute atomic E-state index is 0.196. The molecule has 204 valence electrons. The van der Waals surface area contributed by atoms with Gasteiger partial charge >= 0.3 is 6.36 Å². The monoisotopic (exact) mass is 675 g/mol. The quantitative estimate of drug-likeness (QED) is 0.278. The molecular weight excluding hydrogens is 651 g/mol. The van der Waals surface area contributed by atoms with Gasteiger partial charge in [-0.3, -0.25) is 0 Å². The summed E-state index contributed by atoms with van der Waals surface area (Å²) in [5.74, 6) is -0.420. The second kappa shape index (κ2) is 12.0. The van der Waals surface area contributed by atoms with E-state index in [0.717, 1.165) is 38.9 Å². The lowest BCUT2D eigenvalue weighted by Gasteiger charge is -2.43. The van der Waals surface area contributed by atoms with E-state index in [1.54, 1.807) is 0 Å². The normalized spacial score (nSPS) is 21.4. The fourth-order valence-electron chi connectivity index (χ4n) is 4.56. The van der Waals surface area contributed by atoms with E-state index in [4.69, 9.17) is 0 Å². The maximum Gasteiger partial charge on any atom is 0.573 e. The number of nitrogens with zero attached hydrogens (tertiary/aromatic N) is 2. The van der Waals surface area contributed by atoms with Gasteiger partial charge in [-0.05, 0) is 92.1 Å². The summed E-state index contributed by atoms with van der Waals surface area (Å²) in [4.78, 5) is 2.27. The Morgan fingerprint density at radius 2 is 1.47 bits per heavy atom. The molecule has 0 amide bonds. The summed E-state index contributed by atoms with van der Waals surface area (Å²) in [5, 5.41) is 11.6. The minimum Gasteiger partial charge on any atom is -0.406 e. The van der Waals surface area contributed by atoms with Crippen molar-refractivity contribution in [2.45, 2.75) is 48.7 Å². The van der Waals surface area contributed by atoms with Crippen molar-refractivity contribution in [1.29, 1.82) is 0 Å². The lowest BCUT2D eigenvalue weighted by molar-refractivity contribution is -0.274. The molecule has 4 atom stereocenters. The van der Waals surface area contributed by atoms with Crippen molar-refractivity contribution in [2.24, 2.45) is 4.36 Å². The van der Waals surface area contributed by atoms with E-state index in [1.165, 1.54) is 19.2 Å². The number of ether oxygens (including phenoxy) is 1. The number of benzene rings is 3. The molecule has 0 heterocycles. The van der Waals surface area contributed by atoms with Crippen molar-refractivity contribution in [3.05, 3.63) is 81.7 Å². The van der Waals surface area contributed by atoms with Crippen LogP contribution in [0.1, 0.15) is 19.3 Å². The molecule has 4 unspecified atom stereocenters. The lowest BCUT2D eigenvalue weighted by Crippen LogP contribution is -2.55. The van der Waals surface area contributed by atoms with Gasteiger partial charge in [0.25, 0.3) is 0 Å². The molecule has 6 nitrogen and oxygen atoms in total. The van der Waals surface area contributed by atoms with Gasteiger partial charge in [-0.1, -0.05) is 31.9 Å². The van der Waals surface area contributed by atoms with Crippen LogP contribution in [0.5, 0.6) is 5.75 Å². The van der Waals surface area contributed by atoms with E-state index in [-0.39, 0.29) is 10.9 Å². The molecule has 0 aliphatic heterocycles. The molecule has 0 bridgehead atoms. The summed E-state index contributed by atoms with van der Waals surface area (Å²) in [6.07, 6.45) is -3.76. The predicted octanol–water partition coefficient (Wildman–Crippen LogP) is 7.19. The third kappa shape index (κ3) is 6.90. The first-order valence-electron chi connectivity index (χ1n) is 11.8. The molecule has 0 aromatic heterocycles. The second-order valence-electron chi connectivity index (χ2n) is 8.76. The van der Waals surface area contributed by atoms with Crippen molar-refractivity contribution in [1.82, 2.24) is 4.72 Å². The summed E-state index contributed by atoms with van der Waals surface area (Å²) in [5.41, 5.74) is 1.78. The average molecular weight is 677 g/mol. The van der Waals surface area contributed by atoms with Gasteiger partial charge in [0.15, 0.2) is 0 Å². The Bertz CT molecular complexity index is 1300. The van der Waals surface area contributed by atoms with Crippen LogP contribution in [0.4, 0.5) is 24.5 Å². The van der Waals surface area contributed by atoms with Gasteiger partial charge in [0.05, 0.1) is 17.0 Å². The number of alkyl halides is 3. The van der Waals surface area contributed by atoms with Crippen LogP contribution in [0.2, 0.25) is 0 Å². The van der Waals surface area contributed by atoms with Gasteiger partial charge in [-0.25, -0.2) is 13.3 Å². The number of hydrogen-bond acceptors (Lipinski definition) is 5. The zero-order valence-corrected chi connectivity index (χ0v) is 24.2. The number of halogens is 5. The summed E-state index contributed by atoms with van der Waals surface area (Å²) >= 11 is 6.94. The van der Waals surface area contributed by atoms with Crippen molar-refractivity contribution in [3.63, 3.8) is 0 Å². The van der Waals surface area contributed by atoms with Crippen LogP contribution in [0.3, 0.4) is 0 Å². The second-order valence-corrected chi connectivity index (χ2v) is 12.7. The van der Waals surface area contributed by atoms with Gasteiger partial charge < -0.3 is 14.7 Å². The molecule has 12 heteroatoms. The van der Waals surface area contributed by atoms with E-state index in [2.05, 4.69) is 50.6 Å². The fourth-order valence-corrected chi connectivity index (χ4v) is 6.71. The third-order valence-electron chi connectivity index (χ3n) is 6.31. The topological polar surface area (TPSA) is 74.2 Å². The smallest absolute Gasteiger partial charge is 0.406 e. The standard InChI is InChI=1S/C26H26Br2F3N3O3S/c1-32-38(36,22-15-13-21(14-16-22)37-26(29,30)31)33-23-3-2-4-24(25(23)35)34(19-9-5-17(27)6-10-19)20-11-7-18(28)8-12-20/h5-16,23-25,35H,2-4H2,1H3,(H,32,33,36). The van der Waals surface area contributed by atoms with Gasteiger partial charge in [0, 0.05) is 33.4 Å². The molecule has 3 aromatic rings. The zero-order chi connectivity index (χ0) is 27.5. The Hall–Kier alpha value is -2.12. The summed E-state index contributed by atoms with van der Waals surface area (Å²) < 4.78 is 64.2. The van der Waals surface area contributed by atoms with Gasteiger partial charge in [0.2, 0.25) is 0 Å². The Labute approximate surface area is 236 Å². The summed E-state index contributed by atoms with van der Waals surface area (Å²) in [6, 6.07) is 19.4. The van der Waals surface area contributed by atoms with Gasteiger partial charge in [0.1, 0.15) is 15.7 Å². The molecule has 1 aliphatic carbocycles. The molecule has 0 spiro atoms. The number of nitrogens with one attached hydrogen (secondary N) is 1. The van der Waals surface area contributed by atoms with E-state index >= 15 is 0 Å². The van der Waals surface area contributed by atoms with E-state index in [0.29, 0.717) is 12.8 Å². The Balaban J connectivity index is 1.61. The largest absolute Gasteiger partial charge is 0.573 e. The average Bonchev–Trinajstić information content (AvgIpc) is 2.88. The SMILES string of the molecule is CN=S(=O)(NC1CCCC(N(c2ccc(Br)cc2)c2ccc(Br)cc2)C1O)c1ccc(OC(F)(F)F)cc1. The highest BCUT2D eigenvalue weighted by Crippen LogP contribution is 2.36. The van der Waals surface area contributed by atoms with Crippen LogP contribution in [-0.4, -0.2) is 40.9 Å². The van der Waals surface area contributed by atoms with E-state index in [1.807, 2.05) is 48.5 Å². The van der Waals surface area contributed by atoms with Crippen LogP contribution in [0, 0.1) is 0 Å². The fraction of sp³-hybridized carbons (Fsp3) is 0.308. The summed E-state index contributed by atoms with van der Waals surface area (Å²) in [6.45, 7) is 0. The van der Waals surface area contributed by atoms with Crippen LogP contribution >= 0.6 is 31.9 Å². The molecule has 38 heavy (non-hydrogen) atoms. The van der Waals surface area contributed by atoms with Crippen molar-refractivity contribution in [3.8, 4) is 5.75 Å². The first-order valence-corrected chi connectivity index (χ1v) is 14.9. The molecular formula is C26H26Br2F3N3O3S. The first kappa shape index (κ1) is 28.9. The molecule has 1 saturated carbocycles.